The first-order valence-electron chi connectivity index (χ1n) is 5.48. The van der Waals surface area contributed by atoms with Gasteiger partial charge < -0.3 is 9.84 Å². The second-order valence-corrected chi connectivity index (χ2v) is 4.03. The average molecular weight is 246 g/mol. The summed E-state index contributed by atoms with van der Waals surface area (Å²) < 4.78 is 5.05. The Bertz CT molecular complexity index is 583. The highest BCUT2D eigenvalue weighted by Crippen LogP contribution is 2.31. The zero-order valence-electron chi connectivity index (χ0n) is 10.4. The molecular weight excluding hydrogens is 232 g/mol. The lowest BCUT2D eigenvalue weighted by Crippen LogP contribution is -2.01. The highest BCUT2D eigenvalue weighted by molar-refractivity contribution is 5.97. The van der Waals surface area contributed by atoms with Gasteiger partial charge in [0, 0.05) is 16.8 Å². The Morgan fingerprint density at radius 2 is 2.11 bits per heavy atom. The van der Waals surface area contributed by atoms with Gasteiger partial charge in [-0.3, -0.25) is 5.10 Å². The average Bonchev–Trinajstić information content (AvgIpc) is 2.68. The number of nitrogens with zero attached hydrogens (tertiary/aromatic N) is 1. The molecule has 1 aromatic carbocycles. The quantitative estimate of drug-likeness (QED) is 0.872. The Morgan fingerprint density at radius 3 is 2.61 bits per heavy atom. The fourth-order valence-electron chi connectivity index (χ4n) is 1.99. The number of benzene rings is 1. The van der Waals surface area contributed by atoms with Gasteiger partial charge in [-0.2, -0.15) is 5.10 Å². The minimum atomic E-state index is -0.983. The molecule has 2 aromatic rings. The van der Waals surface area contributed by atoms with E-state index in [9.17, 15) is 9.90 Å². The van der Waals surface area contributed by atoms with E-state index in [-0.39, 0.29) is 5.56 Å². The lowest BCUT2D eigenvalue weighted by molar-refractivity contribution is 0.0697. The minimum absolute atomic E-state index is 0.210. The van der Waals surface area contributed by atoms with E-state index in [1.54, 1.807) is 12.1 Å². The number of rotatable bonds is 3. The SMILES string of the molecule is COc1ccc(-c2c(C)n[nH]c2C)c(C(=O)O)c1. The number of nitrogens with one attached hydrogen (secondary N) is 1. The summed E-state index contributed by atoms with van der Waals surface area (Å²) in [6, 6.07) is 5.00. The number of methoxy groups -OCH3 is 1. The summed E-state index contributed by atoms with van der Waals surface area (Å²) in [6.07, 6.45) is 0. The normalized spacial score (nSPS) is 10.4. The van der Waals surface area contributed by atoms with E-state index in [1.165, 1.54) is 13.2 Å². The van der Waals surface area contributed by atoms with Gasteiger partial charge in [-0.05, 0) is 32.0 Å². The summed E-state index contributed by atoms with van der Waals surface area (Å²) in [5, 5.41) is 16.2. The Hall–Kier alpha value is -2.30. The summed E-state index contributed by atoms with van der Waals surface area (Å²) in [7, 11) is 1.51. The lowest BCUT2D eigenvalue weighted by atomic mass is 9.98. The minimum Gasteiger partial charge on any atom is -0.497 e. The molecule has 0 atom stereocenters. The molecular formula is C13H14N2O3. The summed E-state index contributed by atoms with van der Waals surface area (Å²) in [5.74, 6) is -0.459. The van der Waals surface area contributed by atoms with E-state index >= 15 is 0 Å². The second kappa shape index (κ2) is 4.52. The van der Waals surface area contributed by atoms with Crippen LogP contribution in [-0.2, 0) is 0 Å². The van der Waals surface area contributed by atoms with Gasteiger partial charge in [0.15, 0.2) is 0 Å². The van der Waals surface area contributed by atoms with Crippen molar-refractivity contribution in [3.63, 3.8) is 0 Å². The van der Waals surface area contributed by atoms with Crippen LogP contribution in [-0.4, -0.2) is 28.4 Å². The van der Waals surface area contributed by atoms with Crippen LogP contribution in [0.3, 0.4) is 0 Å². The zero-order valence-corrected chi connectivity index (χ0v) is 10.4. The molecule has 2 rings (SSSR count). The van der Waals surface area contributed by atoms with Crippen LogP contribution in [0.4, 0.5) is 0 Å². The molecule has 94 valence electrons. The molecule has 18 heavy (non-hydrogen) atoms. The number of H-pyrrole nitrogens is 1. The Kier molecular flexibility index (Phi) is 3.06. The van der Waals surface area contributed by atoms with E-state index in [4.69, 9.17) is 4.74 Å². The fourth-order valence-corrected chi connectivity index (χ4v) is 1.99. The van der Waals surface area contributed by atoms with Gasteiger partial charge >= 0.3 is 5.97 Å². The van der Waals surface area contributed by atoms with Crippen LogP contribution in [0, 0.1) is 13.8 Å². The van der Waals surface area contributed by atoms with Crippen LogP contribution < -0.4 is 4.74 Å². The van der Waals surface area contributed by atoms with Crippen molar-refractivity contribution in [3.05, 3.63) is 35.2 Å². The highest BCUT2D eigenvalue weighted by Gasteiger charge is 2.17. The summed E-state index contributed by atoms with van der Waals surface area (Å²) in [5.41, 5.74) is 3.31. The van der Waals surface area contributed by atoms with Gasteiger partial charge in [0.05, 0.1) is 18.4 Å². The molecule has 0 unspecified atom stereocenters. The summed E-state index contributed by atoms with van der Waals surface area (Å²) in [6.45, 7) is 3.71. The standard InChI is InChI=1S/C13H14N2O3/c1-7-12(8(2)15-14-7)10-5-4-9(18-3)6-11(10)13(16)17/h4-6H,1-3H3,(H,14,15)(H,16,17). The number of aromatic carboxylic acids is 1. The first kappa shape index (κ1) is 12.2. The Morgan fingerprint density at radius 1 is 1.39 bits per heavy atom. The van der Waals surface area contributed by atoms with Crippen LogP contribution in [0.15, 0.2) is 18.2 Å². The number of aromatic amines is 1. The van der Waals surface area contributed by atoms with E-state index in [0.29, 0.717) is 11.3 Å². The monoisotopic (exact) mass is 246 g/mol. The molecule has 0 bridgehead atoms. The van der Waals surface area contributed by atoms with Gasteiger partial charge in [-0.25, -0.2) is 4.79 Å². The molecule has 5 nitrogen and oxygen atoms in total. The number of aromatic nitrogens is 2. The maximum absolute atomic E-state index is 11.3. The first-order chi connectivity index (χ1) is 8.54. The van der Waals surface area contributed by atoms with Crippen LogP contribution in [0.25, 0.3) is 11.1 Å². The molecule has 0 spiro atoms. The van der Waals surface area contributed by atoms with Crippen LogP contribution >= 0.6 is 0 Å². The molecule has 0 radical (unpaired) electrons. The Balaban J connectivity index is 2.68. The molecule has 0 fully saturated rings. The number of aryl methyl sites for hydroxylation is 2. The zero-order chi connectivity index (χ0) is 13.3. The molecule has 1 heterocycles. The Labute approximate surface area is 104 Å². The van der Waals surface area contributed by atoms with Crippen molar-refractivity contribution >= 4 is 5.97 Å². The molecule has 0 amide bonds. The van der Waals surface area contributed by atoms with Crippen molar-refractivity contribution in [2.75, 3.05) is 7.11 Å². The molecule has 1 aromatic heterocycles. The number of carboxylic acid groups (broad SMARTS) is 1. The van der Waals surface area contributed by atoms with Crippen LogP contribution in [0.5, 0.6) is 5.75 Å². The molecule has 0 aliphatic carbocycles. The van der Waals surface area contributed by atoms with E-state index < -0.39 is 5.97 Å². The number of ether oxygens (including phenoxy) is 1. The molecule has 2 N–H and O–H groups in total. The van der Waals surface area contributed by atoms with Gasteiger partial charge in [0.1, 0.15) is 5.75 Å². The smallest absolute Gasteiger partial charge is 0.336 e. The van der Waals surface area contributed by atoms with E-state index in [2.05, 4.69) is 10.2 Å². The highest BCUT2D eigenvalue weighted by atomic mass is 16.5. The number of carbonyl (C=O) groups is 1. The summed E-state index contributed by atoms with van der Waals surface area (Å²) >= 11 is 0. The molecule has 0 saturated carbocycles. The number of carboxylic acids is 1. The van der Waals surface area contributed by atoms with Crippen molar-refractivity contribution in [1.82, 2.24) is 10.2 Å². The molecule has 0 aliphatic heterocycles. The van der Waals surface area contributed by atoms with Gasteiger partial charge in [-0.15, -0.1) is 0 Å². The molecule has 5 heteroatoms. The third-order valence-electron chi connectivity index (χ3n) is 2.85. The maximum atomic E-state index is 11.3. The maximum Gasteiger partial charge on any atom is 0.336 e. The van der Waals surface area contributed by atoms with Gasteiger partial charge in [0.25, 0.3) is 0 Å². The largest absolute Gasteiger partial charge is 0.497 e. The van der Waals surface area contributed by atoms with Crippen molar-refractivity contribution < 1.29 is 14.6 Å². The third-order valence-corrected chi connectivity index (χ3v) is 2.85. The van der Waals surface area contributed by atoms with Crippen molar-refractivity contribution in [2.45, 2.75) is 13.8 Å². The molecule has 0 aliphatic rings. The van der Waals surface area contributed by atoms with Gasteiger partial charge in [0.2, 0.25) is 0 Å². The number of hydrogen-bond donors (Lipinski definition) is 2. The lowest BCUT2D eigenvalue weighted by Gasteiger charge is -2.08. The number of hydrogen-bond acceptors (Lipinski definition) is 3. The third kappa shape index (κ3) is 1.95. The second-order valence-electron chi connectivity index (χ2n) is 4.03. The van der Waals surface area contributed by atoms with E-state index in [1.807, 2.05) is 13.8 Å². The first-order valence-corrected chi connectivity index (χ1v) is 5.48. The van der Waals surface area contributed by atoms with Crippen LogP contribution in [0.2, 0.25) is 0 Å². The van der Waals surface area contributed by atoms with E-state index in [0.717, 1.165) is 17.0 Å². The predicted molar refractivity (Wildman–Crippen MR) is 67.0 cm³/mol. The molecule has 0 saturated heterocycles. The van der Waals surface area contributed by atoms with Crippen LogP contribution in [0.1, 0.15) is 21.7 Å². The van der Waals surface area contributed by atoms with Gasteiger partial charge in [-0.1, -0.05) is 0 Å². The van der Waals surface area contributed by atoms with Crippen molar-refractivity contribution in [1.29, 1.82) is 0 Å². The van der Waals surface area contributed by atoms with Crippen molar-refractivity contribution in [3.8, 4) is 16.9 Å². The fraction of sp³-hybridized carbons (Fsp3) is 0.231. The topological polar surface area (TPSA) is 75.2 Å². The summed E-state index contributed by atoms with van der Waals surface area (Å²) in [4.78, 5) is 11.3. The predicted octanol–water partition coefficient (Wildman–Crippen LogP) is 2.40. The van der Waals surface area contributed by atoms with Crippen molar-refractivity contribution in [2.24, 2.45) is 0 Å².